The molecule has 1 saturated heterocycles. The molecule has 1 aromatic heterocycles. The largest absolute Gasteiger partial charge is 0.416 e. The molecule has 14 heteroatoms. The molecule has 0 spiro atoms. The van der Waals surface area contributed by atoms with Gasteiger partial charge in [0, 0.05) is 43.6 Å². The lowest BCUT2D eigenvalue weighted by Gasteiger charge is -2.34. The van der Waals surface area contributed by atoms with Crippen molar-refractivity contribution in [3.63, 3.8) is 0 Å². The predicted molar refractivity (Wildman–Crippen MR) is 125 cm³/mol. The Bertz CT molecular complexity index is 1340. The number of amides is 2. The van der Waals surface area contributed by atoms with E-state index in [1.165, 1.54) is 36.5 Å². The highest BCUT2D eigenvalue weighted by Gasteiger charge is 2.30. The monoisotopic (exact) mass is 522 g/mol. The van der Waals surface area contributed by atoms with Crippen molar-refractivity contribution in [2.75, 3.05) is 36.4 Å². The molecule has 0 unspecified atom stereocenters. The van der Waals surface area contributed by atoms with Gasteiger partial charge in [-0.15, -0.1) is 0 Å². The number of aromatic nitrogens is 2. The topological polar surface area (TPSA) is 131 Å². The van der Waals surface area contributed by atoms with Crippen molar-refractivity contribution in [1.29, 1.82) is 0 Å². The quantitative estimate of drug-likeness (QED) is 0.527. The van der Waals surface area contributed by atoms with Crippen LogP contribution in [0, 0.1) is 0 Å². The van der Waals surface area contributed by atoms with Crippen LogP contribution in [-0.4, -0.2) is 55.5 Å². The molecule has 1 aliphatic rings. The van der Waals surface area contributed by atoms with Gasteiger partial charge in [0.15, 0.2) is 0 Å². The van der Waals surface area contributed by atoms with Crippen LogP contribution in [0.2, 0.25) is 0 Å². The highest BCUT2D eigenvalue weighted by molar-refractivity contribution is 7.84. The fraction of sp³-hybridized carbons (Fsp3) is 0.227. The van der Waals surface area contributed by atoms with Crippen molar-refractivity contribution >= 4 is 28.0 Å². The molecule has 3 aromatic rings. The van der Waals surface area contributed by atoms with Gasteiger partial charge in [-0.2, -0.15) is 26.7 Å². The number of nitrogens with two attached hydrogens (primary N) is 1. The zero-order valence-electron chi connectivity index (χ0n) is 18.6. The first-order valence-electron chi connectivity index (χ1n) is 10.6. The second-order valence-corrected chi connectivity index (χ2v) is 8.98. The van der Waals surface area contributed by atoms with Crippen molar-refractivity contribution in [2.45, 2.75) is 6.18 Å². The maximum atomic E-state index is 13.1. The van der Waals surface area contributed by atoms with Crippen LogP contribution >= 0.6 is 0 Å². The van der Waals surface area contributed by atoms with Gasteiger partial charge in [0.2, 0.25) is 5.95 Å². The minimum absolute atomic E-state index is 0.0106. The van der Waals surface area contributed by atoms with Gasteiger partial charge in [-0.25, -0.2) is 14.8 Å². The minimum atomic E-state index is -4.45. The number of piperazine rings is 1. The number of carbonyl (C=O) groups is 1. The molecule has 0 radical (unpaired) electrons. The van der Waals surface area contributed by atoms with Gasteiger partial charge in [0.25, 0.3) is 0 Å². The molecule has 1 fully saturated rings. The number of urea groups is 1. The molecular formula is C22H21F3N6O4S. The van der Waals surface area contributed by atoms with E-state index in [1.54, 1.807) is 17.0 Å². The summed E-state index contributed by atoms with van der Waals surface area (Å²) in [5, 5.41) is 7.53. The fourth-order valence-electron chi connectivity index (χ4n) is 3.56. The summed E-state index contributed by atoms with van der Waals surface area (Å²) in [5.74, 6) is 0.367. The number of nitrogens with one attached hydrogen (secondary N) is 1. The van der Waals surface area contributed by atoms with Crippen LogP contribution in [0.5, 0.6) is 5.75 Å². The van der Waals surface area contributed by atoms with Crippen LogP contribution in [0.1, 0.15) is 5.56 Å². The molecule has 36 heavy (non-hydrogen) atoms. The van der Waals surface area contributed by atoms with E-state index >= 15 is 0 Å². The molecule has 0 bridgehead atoms. The van der Waals surface area contributed by atoms with Crippen molar-refractivity contribution < 1.29 is 30.6 Å². The van der Waals surface area contributed by atoms with E-state index < -0.39 is 22.0 Å². The molecule has 4 rings (SSSR count). The van der Waals surface area contributed by atoms with Crippen LogP contribution in [0.4, 0.5) is 29.6 Å². The third-order valence-electron chi connectivity index (χ3n) is 5.30. The molecule has 2 amide bonds. The number of hydrogen-bond donors (Lipinski definition) is 2. The van der Waals surface area contributed by atoms with Gasteiger partial charge in [-0.1, -0.05) is 12.1 Å². The molecular weight excluding hydrogens is 501 g/mol. The molecule has 190 valence electrons. The van der Waals surface area contributed by atoms with E-state index in [9.17, 15) is 26.4 Å². The zero-order chi connectivity index (χ0) is 25.9. The van der Waals surface area contributed by atoms with E-state index in [0.717, 1.165) is 12.1 Å². The van der Waals surface area contributed by atoms with Crippen molar-refractivity contribution in [2.24, 2.45) is 5.14 Å². The Morgan fingerprint density at radius 2 is 1.72 bits per heavy atom. The lowest BCUT2D eigenvalue weighted by atomic mass is 10.1. The Kier molecular flexibility index (Phi) is 6.99. The maximum Gasteiger partial charge on any atom is 0.416 e. The highest BCUT2D eigenvalue weighted by Crippen LogP contribution is 2.32. The summed E-state index contributed by atoms with van der Waals surface area (Å²) in [7, 11) is -4.14. The number of rotatable bonds is 5. The van der Waals surface area contributed by atoms with Crippen molar-refractivity contribution in [3.05, 3.63) is 66.4 Å². The standard InChI is InChI=1S/C22H21F3N6O4S/c23-22(24,25)16-3-1-2-15(14-16)19-8-9-27-20(29-19)30-10-12-31(13-11-30)21(32)28-17-4-6-18(7-5-17)35-36(26,33)34/h1-9,14H,10-13H2,(H,28,32)(H2,26,33,34). The first-order valence-corrected chi connectivity index (χ1v) is 12.1. The SMILES string of the molecule is NS(=O)(=O)Oc1ccc(NC(=O)N2CCN(c3nccc(-c4cccc(C(F)(F)F)c4)n3)CC2)cc1. The summed E-state index contributed by atoms with van der Waals surface area (Å²) >= 11 is 0. The summed E-state index contributed by atoms with van der Waals surface area (Å²) in [6, 6.07) is 11.8. The molecule has 2 heterocycles. The van der Waals surface area contributed by atoms with Gasteiger partial charge in [0.1, 0.15) is 5.75 Å². The van der Waals surface area contributed by atoms with Crippen molar-refractivity contribution in [3.8, 4) is 17.0 Å². The lowest BCUT2D eigenvalue weighted by molar-refractivity contribution is -0.137. The predicted octanol–water partition coefficient (Wildman–Crippen LogP) is 3.10. The van der Waals surface area contributed by atoms with Crippen LogP contribution < -0.4 is 19.5 Å². The normalized spacial score (nSPS) is 14.4. The number of benzene rings is 2. The molecule has 0 atom stereocenters. The fourth-order valence-corrected chi connectivity index (χ4v) is 3.94. The van der Waals surface area contributed by atoms with Gasteiger partial charge >= 0.3 is 22.5 Å². The van der Waals surface area contributed by atoms with E-state index in [0.29, 0.717) is 49.1 Å². The van der Waals surface area contributed by atoms with E-state index in [1.807, 2.05) is 4.90 Å². The number of alkyl halides is 3. The van der Waals surface area contributed by atoms with E-state index in [-0.39, 0.29) is 11.8 Å². The van der Waals surface area contributed by atoms with E-state index in [2.05, 4.69) is 19.5 Å². The molecule has 0 saturated carbocycles. The van der Waals surface area contributed by atoms with Gasteiger partial charge in [-0.3, -0.25) is 0 Å². The molecule has 10 nitrogen and oxygen atoms in total. The number of hydrogen-bond acceptors (Lipinski definition) is 7. The Labute approximate surface area is 204 Å². The molecule has 3 N–H and O–H groups in total. The maximum absolute atomic E-state index is 13.1. The lowest BCUT2D eigenvalue weighted by Crippen LogP contribution is -2.50. The average molecular weight is 523 g/mol. The number of carbonyl (C=O) groups excluding carboxylic acids is 1. The first kappa shape index (κ1) is 25.2. The zero-order valence-corrected chi connectivity index (χ0v) is 19.5. The number of halogens is 3. The molecule has 1 aliphatic heterocycles. The van der Waals surface area contributed by atoms with E-state index in [4.69, 9.17) is 5.14 Å². The van der Waals surface area contributed by atoms with Gasteiger partial charge < -0.3 is 19.3 Å². The van der Waals surface area contributed by atoms with Crippen molar-refractivity contribution in [1.82, 2.24) is 14.9 Å². The van der Waals surface area contributed by atoms with Gasteiger partial charge in [-0.05, 0) is 42.5 Å². The molecule has 0 aliphatic carbocycles. The highest BCUT2D eigenvalue weighted by atomic mass is 32.2. The Hall–Kier alpha value is -3.91. The van der Waals surface area contributed by atoms with Crippen LogP contribution in [-0.2, 0) is 16.5 Å². The summed E-state index contributed by atoms with van der Waals surface area (Å²) in [5.41, 5.74) is 0.362. The number of anilines is 2. The Morgan fingerprint density at radius 1 is 1.03 bits per heavy atom. The second kappa shape index (κ2) is 9.99. The third kappa shape index (κ3) is 6.40. The average Bonchev–Trinajstić information content (AvgIpc) is 2.84. The van der Waals surface area contributed by atoms with Crippen LogP contribution in [0.15, 0.2) is 60.8 Å². The van der Waals surface area contributed by atoms with Crippen LogP contribution in [0.3, 0.4) is 0 Å². The summed E-state index contributed by atoms with van der Waals surface area (Å²) in [6.45, 7) is 1.55. The Morgan fingerprint density at radius 3 is 2.36 bits per heavy atom. The Balaban J connectivity index is 1.36. The summed E-state index contributed by atoms with van der Waals surface area (Å²) < 4.78 is 65.7. The number of nitrogens with zero attached hydrogens (tertiary/aromatic N) is 4. The smallest absolute Gasteiger partial charge is 0.371 e. The second-order valence-electron chi connectivity index (χ2n) is 7.83. The van der Waals surface area contributed by atoms with Gasteiger partial charge in [0.05, 0.1) is 11.3 Å². The first-order chi connectivity index (χ1) is 17.0. The minimum Gasteiger partial charge on any atom is -0.371 e. The van der Waals surface area contributed by atoms with Crippen LogP contribution in [0.25, 0.3) is 11.3 Å². The summed E-state index contributed by atoms with van der Waals surface area (Å²) in [4.78, 5) is 24.7. The summed E-state index contributed by atoms with van der Waals surface area (Å²) in [6.07, 6.45) is -2.97. The molecule has 2 aromatic carbocycles. The third-order valence-corrected chi connectivity index (χ3v) is 5.72.